The highest BCUT2D eigenvalue weighted by Crippen LogP contribution is 2.30. The standard InChI is InChI=1S/C17H20N4O2/c1-2-19-16(22)12-8-13-17(21-9-12)23-14(10-20-13)15(18)11-6-4-3-5-7-11/h3-9,14-15,20H,2,10,18H2,1H3,(H,19,22)/t14-,15?/m0/s1. The molecule has 2 atom stereocenters. The molecule has 0 bridgehead atoms. The largest absolute Gasteiger partial charge is 0.469 e. The summed E-state index contributed by atoms with van der Waals surface area (Å²) in [4.78, 5) is 16.1. The molecule has 6 heteroatoms. The van der Waals surface area contributed by atoms with E-state index in [-0.39, 0.29) is 18.1 Å². The van der Waals surface area contributed by atoms with Gasteiger partial charge in [0.25, 0.3) is 5.91 Å². The van der Waals surface area contributed by atoms with Gasteiger partial charge < -0.3 is 21.1 Å². The molecule has 2 heterocycles. The van der Waals surface area contributed by atoms with Crippen molar-refractivity contribution >= 4 is 11.6 Å². The summed E-state index contributed by atoms with van der Waals surface area (Å²) in [5.41, 5.74) is 8.52. The van der Waals surface area contributed by atoms with Crippen molar-refractivity contribution in [2.45, 2.75) is 19.1 Å². The third-order valence-electron chi connectivity index (χ3n) is 3.79. The highest BCUT2D eigenvalue weighted by atomic mass is 16.5. The Morgan fingerprint density at radius 3 is 3.00 bits per heavy atom. The number of aromatic nitrogens is 1. The minimum absolute atomic E-state index is 0.146. The molecule has 1 aromatic carbocycles. The third-order valence-corrected chi connectivity index (χ3v) is 3.79. The summed E-state index contributed by atoms with van der Waals surface area (Å²) in [6, 6.07) is 11.3. The average molecular weight is 312 g/mol. The van der Waals surface area contributed by atoms with Crippen LogP contribution in [0, 0.1) is 0 Å². The molecule has 0 saturated carbocycles. The monoisotopic (exact) mass is 312 g/mol. The fourth-order valence-corrected chi connectivity index (χ4v) is 2.55. The number of carbonyl (C=O) groups is 1. The summed E-state index contributed by atoms with van der Waals surface area (Å²) in [6.45, 7) is 3.01. The van der Waals surface area contributed by atoms with Crippen LogP contribution in [0.25, 0.3) is 0 Å². The van der Waals surface area contributed by atoms with Crippen molar-refractivity contribution < 1.29 is 9.53 Å². The van der Waals surface area contributed by atoms with Crippen molar-refractivity contribution in [3.8, 4) is 5.88 Å². The van der Waals surface area contributed by atoms with E-state index in [2.05, 4.69) is 15.6 Å². The van der Waals surface area contributed by atoms with E-state index in [9.17, 15) is 4.79 Å². The first-order valence-electron chi connectivity index (χ1n) is 7.68. The number of rotatable bonds is 4. The number of pyridine rings is 1. The zero-order valence-electron chi connectivity index (χ0n) is 13.0. The van der Waals surface area contributed by atoms with Crippen molar-refractivity contribution in [3.63, 3.8) is 0 Å². The minimum Gasteiger partial charge on any atom is -0.469 e. The van der Waals surface area contributed by atoms with Gasteiger partial charge in [-0.25, -0.2) is 4.98 Å². The quantitative estimate of drug-likeness (QED) is 0.799. The number of amides is 1. The molecule has 1 unspecified atom stereocenters. The summed E-state index contributed by atoms with van der Waals surface area (Å²) < 4.78 is 5.91. The molecule has 3 rings (SSSR count). The lowest BCUT2D eigenvalue weighted by atomic mass is 10.0. The number of hydrogen-bond donors (Lipinski definition) is 3. The van der Waals surface area contributed by atoms with Crippen molar-refractivity contribution in [2.75, 3.05) is 18.4 Å². The van der Waals surface area contributed by atoms with Crippen LogP contribution in [0.15, 0.2) is 42.6 Å². The molecule has 0 spiro atoms. The maximum Gasteiger partial charge on any atom is 0.252 e. The van der Waals surface area contributed by atoms with Crippen LogP contribution < -0.4 is 21.1 Å². The van der Waals surface area contributed by atoms with Gasteiger partial charge in [-0.3, -0.25) is 4.79 Å². The van der Waals surface area contributed by atoms with Crippen LogP contribution in [0.5, 0.6) is 5.88 Å². The van der Waals surface area contributed by atoms with Crippen molar-refractivity contribution in [1.29, 1.82) is 0 Å². The zero-order chi connectivity index (χ0) is 16.2. The lowest BCUT2D eigenvalue weighted by Crippen LogP contribution is -2.40. The number of hydrogen-bond acceptors (Lipinski definition) is 5. The summed E-state index contributed by atoms with van der Waals surface area (Å²) >= 11 is 0. The van der Waals surface area contributed by atoms with Gasteiger partial charge in [0.1, 0.15) is 6.10 Å². The molecule has 4 N–H and O–H groups in total. The molecule has 1 aromatic heterocycles. The van der Waals surface area contributed by atoms with E-state index in [0.29, 0.717) is 30.2 Å². The molecule has 120 valence electrons. The smallest absolute Gasteiger partial charge is 0.252 e. The van der Waals surface area contributed by atoms with E-state index in [4.69, 9.17) is 10.5 Å². The molecule has 1 aliphatic rings. The van der Waals surface area contributed by atoms with Gasteiger partial charge in [-0.05, 0) is 18.6 Å². The van der Waals surface area contributed by atoms with E-state index >= 15 is 0 Å². The van der Waals surface area contributed by atoms with Gasteiger partial charge in [-0.15, -0.1) is 0 Å². The molecule has 6 nitrogen and oxygen atoms in total. The Kier molecular flexibility index (Phi) is 4.43. The Hall–Kier alpha value is -2.60. The van der Waals surface area contributed by atoms with Crippen LogP contribution in [0.2, 0.25) is 0 Å². The SMILES string of the molecule is CCNC(=O)c1cnc2c(c1)NC[C@@H](C(N)c1ccccc1)O2. The van der Waals surface area contributed by atoms with Gasteiger partial charge in [0, 0.05) is 12.7 Å². The van der Waals surface area contributed by atoms with Crippen LogP contribution in [-0.4, -0.2) is 30.1 Å². The van der Waals surface area contributed by atoms with Gasteiger partial charge in [0.15, 0.2) is 0 Å². The van der Waals surface area contributed by atoms with E-state index in [1.807, 2.05) is 37.3 Å². The van der Waals surface area contributed by atoms with Gasteiger partial charge >= 0.3 is 0 Å². The molecule has 0 fully saturated rings. The first kappa shape index (κ1) is 15.3. The number of ether oxygens (including phenoxy) is 1. The maximum absolute atomic E-state index is 11.8. The van der Waals surface area contributed by atoms with Gasteiger partial charge in [-0.1, -0.05) is 30.3 Å². The van der Waals surface area contributed by atoms with Crippen molar-refractivity contribution in [2.24, 2.45) is 5.73 Å². The number of anilines is 1. The number of benzene rings is 1. The Labute approximate surface area is 135 Å². The number of nitrogens with one attached hydrogen (secondary N) is 2. The first-order chi connectivity index (χ1) is 11.2. The molecule has 23 heavy (non-hydrogen) atoms. The molecular formula is C17H20N4O2. The van der Waals surface area contributed by atoms with E-state index < -0.39 is 0 Å². The molecule has 1 amide bonds. The number of nitrogens with two attached hydrogens (primary N) is 1. The van der Waals surface area contributed by atoms with Crippen LogP contribution in [0.4, 0.5) is 5.69 Å². The highest BCUT2D eigenvalue weighted by Gasteiger charge is 2.27. The zero-order valence-corrected chi connectivity index (χ0v) is 13.0. The molecule has 0 aliphatic carbocycles. The molecular weight excluding hydrogens is 292 g/mol. The second-order valence-corrected chi connectivity index (χ2v) is 5.41. The Balaban J connectivity index is 1.75. The van der Waals surface area contributed by atoms with Crippen LogP contribution >= 0.6 is 0 Å². The number of fused-ring (bicyclic) bond motifs is 1. The molecule has 0 saturated heterocycles. The average Bonchev–Trinajstić information content (AvgIpc) is 2.61. The second-order valence-electron chi connectivity index (χ2n) is 5.41. The Bertz CT molecular complexity index is 690. The first-order valence-corrected chi connectivity index (χ1v) is 7.68. The van der Waals surface area contributed by atoms with E-state index in [1.54, 1.807) is 6.07 Å². The fraction of sp³-hybridized carbons (Fsp3) is 0.294. The van der Waals surface area contributed by atoms with Gasteiger partial charge in [-0.2, -0.15) is 0 Å². The van der Waals surface area contributed by atoms with Gasteiger partial charge in [0.2, 0.25) is 5.88 Å². The summed E-state index contributed by atoms with van der Waals surface area (Å²) in [5, 5.41) is 6.00. The number of carbonyl (C=O) groups excluding carboxylic acids is 1. The van der Waals surface area contributed by atoms with Crippen molar-refractivity contribution in [1.82, 2.24) is 10.3 Å². The van der Waals surface area contributed by atoms with Crippen LogP contribution in [0.3, 0.4) is 0 Å². The minimum atomic E-state index is -0.248. The molecule has 2 aromatic rings. The van der Waals surface area contributed by atoms with E-state index in [1.165, 1.54) is 6.20 Å². The lowest BCUT2D eigenvalue weighted by molar-refractivity contribution is 0.0955. The second kappa shape index (κ2) is 6.66. The topological polar surface area (TPSA) is 89.3 Å². The van der Waals surface area contributed by atoms with Crippen LogP contribution in [0.1, 0.15) is 28.9 Å². The summed E-state index contributed by atoms with van der Waals surface area (Å²) in [6.07, 6.45) is 1.30. The predicted octanol–water partition coefficient (Wildman–Crippen LogP) is 1.70. The summed E-state index contributed by atoms with van der Waals surface area (Å²) in [5.74, 6) is 0.327. The number of nitrogens with zero attached hydrogens (tertiary/aromatic N) is 1. The van der Waals surface area contributed by atoms with Crippen molar-refractivity contribution in [3.05, 3.63) is 53.7 Å². The van der Waals surface area contributed by atoms with Crippen LogP contribution in [-0.2, 0) is 0 Å². The Morgan fingerprint density at radius 2 is 2.26 bits per heavy atom. The normalized spacial score (nSPS) is 17.4. The van der Waals surface area contributed by atoms with E-state index in [0.717, 1.165) is 5.56 Å². The Morgan fingerprint density at radius 1 is 1.48 bits per heavy atom. The predicted molar refractivity (Wildman–Crippen MR) is 88.5 cm³/mol. The van der Waals surface area contributed by atoms with Gasteiger partial charge in [0.05, 0.1) is 23.8 Å². The molecule has 0 radical (unpaired) electrons. The highest BCUT2D eigenvalue weighted by molar-refractivity contribution is 5.95. The maximum atomic E-state index is 11.8. The fourth-order valence-electron chi connectivity index (χ4n) is 2.55. The lowest BCUT2D eigenvalue weighted by Gasteiger charge is -2.30. The third kappa shape index (κ3) is 3.27. The summed E-state index contributed by atoms with van der Waals surface area (Å²) in [7, 11) is 0. The molecule has 1 aliphatic heterocycles.